The molecule has 1 N–H and O–H groups in total. The van der Waals surface area contributed by atoms with Gasteiger partial charge in [-0.05, 0) is 42.0 Å². The van der Waals surface area contributed by atoms with Crippen LogP contribution in [0.15, 0.2) is 57.9 Å². The molecule has 1 amide bonds. The third-order valence-electron chi connectivity index (χ3n) is 3.71. The Hall–Kier alpha value is -1.55. The van der Waals surface area contributed by atoms with Gasteiger partial charge in [0, 0.05) is 24.3 Å². The second-order valence-electron chi connectivity index (χ2n) is 6.08. The van der Waals surface area contributed by atoms with Crippen molar-refractivity contribution in [2.45, 2.75) is 10.6 Å². The Morgan fingerprint density at radius 1 is 1.11 bits per heavy atom. The number of benzene rings is 2. The molecule has 6 nitrogen and oxygen atoms in total. The summed E-state index contributed by atoms with van der Waals surface area (Å²) in [7, 11) is -0.474. The van der Waals surface area contributed by atoms with Gasteiger partial charge in [-0.3, -0.25) is 4.79 Å². The van der Waals surface area contributed by atoms with E-state index in [1.807, 2.05) is 24.3 Å². The topological polar surface area (TPSA) is 75.7 Å². The summed E-state index contributed by atoms with van der Waals surface area (Å²) in [5.74, 6) is 1.67. The number of nitrogens with zero attached hydrogens (tertiary/aromatic N) is 1. The molecule has 0 aliphatic heterocycles. The maximum atomic E-state index is 12.0. The van der Waals surface area contributed by atoms with Gasteiger partial charge in [-0.2, -0.15) is 0 Å². The van der Waals surface area contributed by atoms with Crippen LogP contribution in [0, 0.1) is 0 Å². The number of sulfonamides is 1. The first kappa shape index (κ1) is 22.7. The summed E-state index contributed by atoms with van der Waals surface area (Å²) in [4.78, 5) is 12.1. The van der Waals surface area contributed by atoms with E-state index in [9.17, 15) is 13.2 Å². The van der Waals surface area contributed by atoms with Gasteiger partial charge in [-0.15, -0.1) is 11.8 Å². The molecular weight excluding hydrogens is 464 g/mol. The van der Waals surface area contributed by atoms with Crippen molar-refractivity contribution < 1.29 is 17.9 Å². The van der Waals surface area contributed by atoms with Crippen LogP contribution in [0.2, 0.25) is 0 Å². The lowest BCUT2D eigenvalue weighted by Crippen LogP contribution is -2.29. The molecule has 2 aromatic carbocycles. The normalized spacial score (nSPS) is 11.4. The number of nitrogens with one attached hydrogen (secondary N) is 1. The van der Waals surface area contributed by atoms with Crippen molar-refractivity contribution in [2.24, 2.45) is 0 Å². The van der Waals surface area contributed by atoms with E-state index in [1.54, 1.807) is 23.9 Å². The van der Waals surface area contributed by atoms with Crippen LogP contribution in [0.5, 0.6) is 5.75 Å². The lowest BCUT2D eigenvalue weighted by Gasteiger charge is -2.12. The highest BCUT2D eigenvalue weighted by Crippen LogP contribution is 2.18. The Labute approximate surface area is 178 Å². The molecule has 0 spiro atoms. The van der Waals surface area contributed by atoms with Crippen LogP contribution >= 0.6 is 27.7 Å². The Morgan fingerprint density at radius 2 is 1.75 bits per heavy atom. The molecule has 2 rings (SSSR count). The second kappa shape index (κ2) is 10.8. The molecule has 28 heavy (non-hydrogen) atoms. The van der Waals surface area contributed by atoms with E-state index >= 15 is 0 Å². The van der Waals surface area contributed by atoms with Gasteiger partial charge in [-0.1, -0.05) is 28.1 Å². The number of ether oxygens (including phenoxy) is 1. The molecule has 9 heteroatoms. The lowest BCUT2D eigenvalue weighted by atomic mass is 10.2. The van der Waals surface area contributed by atoms with Gasteiger partial charge in [0.05, 0.1) is 17.2 Å². The molecule has 0 atom stereocenters. The predicted octanol–water partition coefficient (Wildman–Crippen LogP) is 3.13. The second-order valence-corrected chi connectivity index (χ2v) is 10.1. The Kier molecular flexibility index (Phi) is 8.81. The summed E-state index contributed by atoms with van der Waals surface area (Å²) in [5, 5.41) is 2.80. The fraction of sp³-hybridized carbons (Fsp3) is 0.316. The molecular formula is C19H23BrN2O4S2. The van der Waals surface area contributed by atoms with Crippen molar-refractivity contribution in [3.63, 3.8) is 0 Å². The third-order valence-corrected chi connectivity index (χ3v) is 7.07. The van der Waals surface area contributed by atoms with Gasteiger partial charge >= 0.3 is 0 Å². The van der Waals surface area contributed by atoms with Crippen LogP contribution in [-0.2, 0) is 20.6 Å². The fourth-order valence-electron chi connectivity index (χ4n) is 2.17. The Morgan fingerprint density at radius 3 is 2.36 bits per heavy atom. The summed E-state index contributed by atoms with van der Waals surface area (Å²) < 4.78 is 31.7. The smallest absolute Gasteiger partial charge is 0.242 e. The molecule has 0 saturated carbocycles. The van der Waals surface area contributed by atoms with Gasteiger partial charge in [0.2, 0.25) is 15.9 Å². The van der Waals surface area contributed by atoms with Gasteiger partial charge in [0.15, 0.2) is 0 Å². The summed E-state index contributed by atoms with van der Waals surface area (Å²) in [5.41, 5.74) is 1.17. The zero-order valence-corrected chi connectivity index (χ0v) is 18.9. The largest absolute Gasteiger partial charge is 0.492 e. The van der Waals surface area contributed by atoms with Crippen molar-refractivity contribution in [3.8, 4) is 5.75 Å². The Balaban J connectivity index is 1.65. The van der Waals surface area contributed by atoms with Gasteiger partial charge in [0.25, 0.3) is 0 Å². The zero-order chi connectivity index (χ0) is 20.6. The van der Waals surface area contributed by atoms with Crippen LogP contribution in [-0.4, -0.2) is 51.6 Å². The Bertz CT molecular complexity index is 870. The minimum atomic E-state index is -3.45. The molecule has 0 aliphatic rings. The van der Waals surface area contributed by atoms with Crippen molar-refractivity contribution in [3.05, 3.63) is 58.6 Å². The number of thioether (sulfide) groups is 1. The fourth-order valence-corrected chi connectivity index (χ4v) is 4.15. The monoisotopic (exact) mass is 486 g/mol. The molecule has 0 aromatic heterocycles. The maximum Gasteiger partial charge on any atom is 0.242 e. The predicted molar refractivity (Wildman–Crippen MR) is 116 cm³/mol. The number of halogens is 1. The highest BCUT2D eigenvalue weighted by molar-refractivity contribution is 9.10. The molecule has 152 valence electrons. The van der Waals surface area contributed by atoms with Crippen LogP contribution in [0.4, 0.5) is 0 Å². The van der Waals surface area contributed by atoms with E-state index in [0.29, 0.717) is 24.7 Å². The summed E-state index contributed by atoms with van der Waals surface area (Å²) >= 11 is 4.95. The first-order valence-electron chi connectivity index (χ1n) is 8.53. The molecule has 0 unspecified atom stereocenters. The maximum absolute atomic E-state index is 12.0. The van der Waals surface area contributed by atoms with Crippen LogP contribution < -0.4 is 10.1 Å². The highest BCUT2D eigenvalue weighted by atomic mass is 79.9. The summed E-state index contributed by atoms with van der Waals surface area (Å²) in [6.45, 7) is 0.693. The minimum Gasteiger partial charge on any atom is -0.492 e. The number of carbonyl (C=O) groups excluding carboxylic acids is 1. The molecule has 0 saturated heterocycles. The molecule has 0 radical (unpaired) electrons. The molecule has 0 bridgehead atoms. The molecule has 0 fully saturated rings. The molecule has 0 aliphatic carbocycles. The first-order valence-corrected chi connectivity index (χ1v) is 11.9. The SMILES string of the molecule is CN(C)S(=O)(=O)c1ccc(OCCNC(=O)CSCc2ccc(Br)cc2)cc1. The van der Waals surface area contributed by atoms with Crippen molar-refractivity contribution >= 4 is 43.6 Å². The summed E-state index contributed by atoms with van der Waals surface area (Å²) in [6.07, 6.45) is 0. The molecule has 0 heterocycles. The van der Waals surface area contributed by atoms with E-state index in [0.717, 1.165) is 14.5 Å². The first-order chi connectivity index (χ1) is 13.3. The van der Waals surface area contributed by atoms with E-state index in [4.69, 9.17) is 4.74 Å². The van der Waals surface area contributed by atoms with Crippen LogP contribution in [0.25, 0.3) is 0 Å². The van der Waals surface area contributed by atoms with Crippen molar-refractivity contribution in [1.29, 1.82) is 0 Å². The third kappa shape index (κ3) is 7.12. The number of hydrogen-bond acceptors (Lipinski definition) is 5. The van der Waals surface area contributed by atoms with Gasteiger partial charge < -0.3 is 10.1 Å². The standard InChI is InChI=1S/C19H23BrN2O4S2/c1-22(2)28(24,25)18-9-7-17(8-10-18)26-12-11-21-19(23)14-27-13-15-3-5-16(20)6-4-15/h3-10H,11-14H2,1-2H3,(H,21,23). The zero-order valence-electron chi connectivity index (χ0n) is 15.7. The number of rotatable bonds is 10. The van der Waals surface area contributed by atoms with Gasteiger partial charge in [0.1, 0.15) is 12.4 Å². The van der Waals surface area contributed by atoms with E-state index in [1.165, 1.54) is 31.8 Å². The highest BCUT2D eigenvalue weighted by Gasteiger charge is 2.16. The number of carbonyl (C=O) groups is 1. The van der Waals surface area contributed by atoms with E-state index in [2.05, 4.69) is 21.2 Å². The molecule has 2 aromatic rings. The summed E-state index contributed by atoms with van der Waals surface area (Å²) in [6, 6.07) is 14.2. The van der Waals surface area contributed by atoms with Crippen LogP contribution in [0.1, 0.15) is 5.56 Å². The quantitative estimate of drug-likeness (QED) is 0.522. The number of amides is 1. The minimum absolute atomic E-state index is 0.0434. The van der Waals surface area contributed by atoms with Crippen molar-refractivity contribution in [2.75, 3.05) is 33.0 Å². The van der Waals surface area contributed by atoms with Crippen LogP contribution in [0.3, 0.4) is 0 Å². The van der Waals surface area contributed by atoms with Gasteiger partial charge in [-0.25, -0.2) is 12.7 Å². The van der Waals surface area contributed by atoms with E-state index in [-0.39, 0.29) is 10.8 Å². The average Bonchev–Trinajstić information content (AvgIpc) is 2.67. The van der Waals surface area contributed by atoms with Crippen molar-refractivity contribution in [1.82, 2.24) is 9.62 Å². The van der Waals surface area contributed by atoms with E-state index < -0.39 is 10.0 Å². The lowest BCUT2D eigenvalue weighted by molar-refractivity contribution is -0.118. The average molecular weight is 487 g/mol. The number of hydrogen-bond donors (Lipinski definition) is 1.